The first-order valence-corrected chi connectivity index (χ1v) is 6.82. The molecule has 0 rings (SSSR count). The molecule has 0 aliphatic heterocycles. The predicted molar refractivity (Wildman–Crippen MR) is 68.4 cm³/mol. The Bertz CT molecular complexity index is 285. The zero-order valence-corrected chi connectivity index (χ0v) is 11.4. The molecule has 0 aliphatic carbocycles. The summed E-state index contributed by atoms with van der Waals surface area (Å²) in [5.41, 5.74) is 0. The van der Waals surface area contributed by atoms with E-state index in [2.05, 4.69) is 5.32 Å². The molecular weight excluding hydrogens is 258 g/mol. The van der Waals surface area contributed by atoms with Gasteiger partial charge in [-0.3, -0.25) is 9.59 Å². The summed E-state index contributed by atoms with van der Waals surface area (Å²) < 4.78 is 4.90. The van der Waals surface area contributed by atoms with Crippen LogP contribution in [-0.2, 0) is 19.1 Å². The van der Waals surface area contributed by atoms with E-state index >= 15 is 0 Å². The van der Waals surface area contributed by atoms with Gasteiger partial charge in [-0.15, -0.1) is 11.8 Å². The lowest BCUT2D eigenvalue weighted by atomic mass is 10.2. The van der Waals surface area contributed by atoms with Crippen LogP contribution >= 0.6 is 11.8 Å². The summed E-state index contributed by atoms with van der Waals surface area (Å²) in [5, 5.41) is 10.7. The van der Waals surface area contributed by atoms with Crippen molar-refractivity contribution in [3.8, 4) is 0 Å². The summed E-state index contributed by atoms with van der Waals surface area (Å²) in [6.07, 6.45) is 1.27. The van der Waals surface area contributed by atoms with Gasteiger partial charge in [0.2, 0.25) is 6.41 Å². The van der Waals surface area contributed by atoms with Crippen molar-refractivity contribution >= 4 is 30.1 Å². The van der Waals surface area contributed by atoms with Crippen LogP contribution in [0, 0.1) is 0 Å². The topological polar surface area (TPSA) is 92.7 Å². The molecule has 0 fully saturated rings. The Kier molecular flexibility index (Phi) is 9.08. The van der Waals surface area contributed by atoms with E-state index in [0.29, 0.717) is 25.2 Å². The Hall–Kier alpha value is -1.24. The molecular formula is C11H19NO5S. The van der Waals surface area contributed by atoms with Crippen molar-refractivity contribution in [3.05, 3.63) is 0 Å². The molecule has 2 N–H and O–H groups in total. The molecule has 0 bridgehead atoms. The molecule has 0 saturated carbocycles. The Morgan fingerprint density at radius 1 is 1.44 bits per heavy atom. The standard InChI is InChI=1S/C11H19NO5S/c1-3-9(11(16)17-4-2)18-6-5-8(10(14)15)12-7-13/h7-9H,3-6H2,1-2H3,(H,12,13)(H,14,15). The van der Waals surface area contributed by atoms with Crippen LogP contribution in [-0.4, -0.2) is 47.1 Å². The van der Waals surface area contributed by atoms with Crippen LogP contribution in [0.25, 0.3) is 0 Å². The molecule has 0 aromatic rings. The largest absolute Gasteiger partial charge is 0.480 e. The summed E-state index contributed by atoms with van der Waals surface area (Å²) in [6, 6.07) is -0.908. The minimum Gasteiger partial charge on any atom is -0.480 e. The van der Waals surface area contributed by atoms with E-state index in [9.17, 15) is 14.4 Å². The molecule has 0 spiro atoms. The number of amides is 1. The van der Waals surface area contributed by atoms with Crippen LogP contribution < -0.4 is 5.32 Å². The fraction of sp³-hybridized carbons (Fsp3) is 0.727. The van der Waals surface area contributed by atoms with E-state index in [1.807, 2.05) is 6.92 Å². The van der Waals surface area contributed by atoms with E-state index in [1.54, 1.807) is 6.92 Å². The average molecular weight is 277 g/mol. The first kappa shape index (κ1) is 16.8. The van der Waals surface area contributed by atoms with Crippen LogP contribution in [0.1, 0.15) is 26.7 Å². The molecule has 104 valence electrons. The minimum atomic E-state index is -1.08. The number of ether oxygens (including phenoxy) is 1. The number of rotatable bonds is 10. The number of carboxylic acid groups (broad SMARTS) is 1. The van der Waals surface area contributed by atoms with E-state index < -0.39 is 12.0 Å². The van der Waals surface area contributed by atoms with E-state index in [-0.39, 0.29) is 17.6 Å². The highest BCUT2D eigenvalue weighted by Crippen LogP contribution is 2.18. The van der Waals surface area contributed by atoms with Gasteiger partial charge in [-0.2, -0.15) is 0 Å². The number of thioether (sulfide) groups is 1. The third-order valence-electron chi connectivity index (χ3n) is 2.21. The van der Waals surface area contributed by atoms with Gasteiger partial charge in [0.1, 0.15) is 11.3 Å². The van der Waals surface area contributed by atoms with Crippen LogP contribution in [0.15, 0.2) is 0 Å². The quantitative estimate of drug-likeness (QED) is 0.450. The first-order chi connectivity index (χ1) is 8.56. The van der Waals surface area contributed by atoms with Gasteiger partial charge < -0.3 is 15.2 Å². The Labute approximate surface area is 110 Å². The van der Waals surface area contributed by atoms with Gasteiger partial charge in [-0.25, -0.2) is 4.79 Å². The average Bonchev–Trinajstić information content (AvgIpc) is 2.33. The maximum Gasteiger partial charge on any atom is 0.326 e. The number of carbonyl (C=O) groups excluding carboxylic acids is 2. The van der Waals surface area contributed by atoms with Gasteiger partial charge in [0.05, 0.1) is 6.61 Å². The lowest BCUT2D eigenvalue weighted by molar-refractivity contribution is -0.142. The lowest BCUT2D eigenvalue weighted by Crippen LogP contribution is -2.36. The van der Waals surface area contributed by atoms with Gasteiger partial charge in [-0.1, -0.05) is 6.92 Å². The van der Waals surface area contributed by atoms with E-state index in [0.717, 1.165) is 0 Å². The summed E-state index contributed by atoms with van der Waals surface area (Å²) in [4.78, 5) is 32.4. The van der Waals surface area contributed by atoms with Gasteiger partial charge in [0, 0.05) is 0 Å². The number of carboxylic acids is 1. The second-order valence-corrected chi connectivity index (χ2v) is 4.79. The maximum absolute atomic E-state index is 11.5. The summed E-state index contributed by atoms with van der Waals surface area (Å²) in [7, 11) is 0. The number of aliphatic carboxylic acids is 1. The lowest BCUT2D eigenvalue weighted by Gasteiger charge is -2.15. The van der Waals surface area contributed by atoms with Crippen molar-refractivity contribution < 1.29 is 24.2 Å². The zero-order chi connectivity index (χ0) is 14.0. The molecule has 1 amide bonds. The minimum absolute atomic E-state index is 0.272. The highest BCUT2D eigenvalue weighted by atomic mass is 32.2. The number of carbonyl (C=O) groups is 3. The molecule has 0 radical (unpaired) electrons. The van der Waals surface area contributed by atoms with Gasteiger partial charge in [0.15, 0.2) is 0 Å². The van der Waals surface area contributed by atoms with Crippen molar-refractivity contribution in [3.63, 3.8) is 0 Å². The number of nitrogens with one attached hydrogen (secondary N) is 1. The smallest absolute Gasteiger partial charge is 0.326 e. The monoisotopic (exact) mass is 277 g/mol. The fourth-order valence-corrected chi connectivity index (χ4v) is 2.37. The van der Waals surface area contributed by atoms with Gasteiger partial charge in [0.25, 0.3) is 0 Å². The molecule has 18 heavy (non-hydrogen) atoms. The Morgan fingerprint density at radius 2 is 2.11 bits per heavy atom. The van der Waals surface area contributed by atoms with Crippen LogP contribution in [0.4, 0.5) is 0 Å². The van der Waals surface area contributed by atoms with Crippen molar-refractivity contribution in [2.45, 2.75) is 38.0 Å². The SMILES string of the molecule is CCOC(=O)C(CC)SCCC(NC=O)C(=O)O. The van der Waals surface area contributed by atoms with Crippen molar-refractivity contribution in [2.75, 3.05) is 12.4 Å². The summed E-state index contributed by atoms with van der Waals surface area (Å²) >= 11 is 1.35. The highest BCUT2D eigenvalue weighted by Gasteiger charge is 2.20. The van der Waals surface area contributed by atoms with Crippen LogP contribution in [0.3, 0.4) is 0 Å². The normalized spacial score (nSPS) is 13.4. The Morgan fingerprint density at radius 3 is 2.56 bits per heavy atom. The summed E-state index contributed by atoms with van der Waals surface area (Å²) in [6.45, 7) is 3.94. The van der Waals surface area contributed by atoms with Crippen LogP contribution in [0.5, 0.6) is 0 Å². The number of hydrogen-bond donors (Lipinski definition) is 2. The summed E-state index contributed by atoms with van der Waals surface area (Å²) in [5.74, 6) is -0.887. The van der Waals surface area contributed by atoms with E-state index in [1.165, 1.54) is 11.8 Å². The van der Waals surface area contributed by atoms with Crippen molar-refractivity contribution in [1.29, 1.82) is 0 Å². The second kappa shape index (κ2) is 9.76. The molecule has 2 unspecified atom stereocenters. The third kappa shape index (κ3) is 6.48. The molecule has 0 aliphatic rings. The molecule has 6 nitrogen and oxygen atoms in total. The third-order valence-corrected chi connectivity index (χ3v) is 3.61. The van der Waals surface area contributed by atoms with Crippen LogP contribution in [0.2, 0.25) is 0 Å². The molecule has 0 aromatic carbocycles. The fourth-order valence-electron chi connectivity index (χ4n) is 1.28. The molecule has 7 heteroatoms. The van der Waals surface area contributed by atoms with Gasteiger partial charge >= 0.3 is 11.9 Å². The second-order valence-electron chi connectivity index (χ2n) is 3.48. The van der Waals surface area contributed by atoms with E-state index in [4.69, 9.17) is 9.84 Å². The number of hydrogen-bond acceptors (Lipinski definition) is 5. The highest BCUT2D eigenvalue weighted by molar-refractivity contribution is 8.00. The number of esters is 1. The maximum atomic E-state index is 11.5. The Balaban J connectivity index is 4.08. The van der Waals surface area contributed by atoms with Crippen molar-refractivity contribution in [1.82, 2.24) is 5.32 Å². The van der Waals surface area contributed by atoms with Gasteiger partial charge in [-0.05, 0) is 25.5 Å². The molecule has 0 aromatic heterocycles. The molecule has 2 atom stereocenters. The predicted octanol–water partition coefficient (Wildman–Crippen LogP) is 0.651. The molecule has 0 heterocycles. The first-order valence-electron chi connectivity index (χ1n) is 5.77. The molecule has 0 saturated heterocycles. The zero-order valence-electron chi connectivity index (χ0n) is 10.5. The van der Waals surface area contributed by atoms with Crippen molar-refractivity contribution in [2.24, 2.45) is 0 Å².